The van der Waals surface area contributed by atoms with E-state index in [0.717, 1.165) is 0 Å². The highest BCUT2D eigenvalue weighted by molar-refractivity contribution is 9.10. The summed E-state index contributed by atoms with van der Waals surface area (Å²) in [6.45, 7) is 0.151. The Labute approximate surface area is 232 Å². The number of imide groups is 1. The zero-order chi connectivity index (χ0) is 27.2. The van der Waals surface area contributed by atoms with Crippen LogP contribution in [0.3, 0.4) is 0 Å². The van der Waals surface area contributed by atoms with Crippen molar-refractivity contribution in [1.82, 2.24) is 10.2 Å². The van der Waals surface area contributed by atoms with Crippen LogP contribution in [0, 0.1) is 5.82 Å². The average Bonchev–Trinajstić information content (AvgIpc) is 2.89. The number of rotatable bonds is 7. The molecule has 0 radical (unpaired) electrons. The van der Waals surface area contributed by atoms with Gasteiger partial charge in [0.15, 0.2) is 0 Å². The molecule has 2 N–H and O–H groups in total. The fourth-order valence-electron chi connectivity index (χ4n) is 4.19. The van der Waals surface area contributed by atoms with Crippen LogP contribution < -0.4 is 10.6 Å². The topological polar surface area (TPSA) is 95.6 Å². The summed E-state index contributed by atoms with van der Waals surface area (Å²) in [7, 11) is 0. The number of likely N-dealkylation sites (tertiary alicyclic amines) is 1. The summed E-state index contributed by atoms with van der Waals surface area (Å²) < 4.78 is 15.2. The lowest BCUT2D eigenvalue weighted by atomic mass is 9.98. The van der Waals surface area contributed by atoms with Gasteiger partial charge >= 0.3 is 11.8 Å². The Morgan fingerprint density at radius 3 is 2.29 bits per heavy atom. The summed E-state index contributed by atoms with van der Waals surface area (Å²) in [6.07, 6.45) is 1.28. The SMILES string of the molecule is O=C(Nc1ccc(CN2C(=O)CCCC2=O)cc1)C(=O)NC(Cc1c(F)cccc1Cl)c1ccccc1Br. The van der Waals surface area contributed by atoms with Gasteiger partial charge in [-0.25, -0.2) is 4.39 Å². The highest BCUT2D eigenvalue weighted by atomic mass is 79.9. The largest absolute Gasteiger partial charge is 0.341 e. The minimum atomic E-state index is -0.910. The standard InChI is InChI=1S/C28H24BrClFN3O4/c29-21-6-2-1-5-19(21)24(15-20-22(30)7-3-8-23(20)31)33-28(38)27(37)32-18-13-11-17(12-14-18)16-34-25(35)9-4-10-26(34)36/h1-3,5-8,11-14,24H,4,9-10,15-16H2,(H,32,37)(H,33,38). The fraction of sp³-hybridized carbons (Fsp3) is 0.214. The molecule has 0 spiro atoms. The quantitative estimate of drug-likeness (QED) is 0.284. The van der Waals surface area contributed by atoms with Gasteiger partial charge in [-0.1, -0.05) is 63.9 Å². The monoisotopic (exact) mass is 599 g/mol. The average molecular weight is 601 g/mol. The molecule has 0 aromatic heterocycles. The summed E-state index contributed by atoms with van der Waals surface area (Å²) in [5.41, 5.74) is 1.95. The number of benzene rings is 3. The van der Waals surface area contributed by atoms with E-state index in [1.54, 1.807) is 54.6 Å². The molecule has 4 rings (SSSR count). The highest BCUT2D eigenvalue weighted by Gasteiger charge is 2.26. The van der Waals surface area contributed by atoms with Gasteiger partial charge in [0.25, 0.3) is 0 Å². The van der Waals surface area contributed by atoms with Crippen LogP contribution in [0.1, 0.15) is 42.0 Å². The van der Waals surface area contributed by atoms with Crippen LogP contribution >= 0.6 is 27.5 Å². The molecule has 196 valence electrons. The molecule has 1 atom stereocenters. The maximum Gasteiger partial charge on any atom is 0.313 e. The zero-order valence-corrected chi connectivity index (χ0v) is 22.5. The van der Waals surface area contributed by atoms with Crippen molar-refractivity contribution in [2.24, 2.45) is 0 Å². The number of carbonyl (C=O) groups excluding carboxylic acids is 4. The van der Waals surface area contributed by atoms with Gasteiger partial charge in [-0.2, -0.15) is 0 Å². The van der Waals surface area contributed by atoms with Gasteiger partial charge in [0.05, 0.1) is 12.6 Å². The maximum atomic E-state index is 14.5. The molecule has 7 nitrogen and oxygen atoms in total. The minimum absolute atomic E-state index is 0.0236. The second kappa shape index (κ2) is 12.3. The Kier molecular flexibility index (Phi) is 8.91. The summed E-state index contributed by atoms with van der Waals surface area (Å²) in [6, 6.07) is 17.2. The molecule has 1 fully saturated rings. The third kappa shape index (κ3) is 6.65. The molecule has 1 unspecified atom stereocenters. The second-order valence-electron chi connectivity index (χ2n) is 8.83. The molecule has 1 aliphatic rings. The van der Waals surface area contributed by atoms with E-state index in [1.165, 1.54) is 17.0 Å². The van der Waals surface area contributed by atoms with E-state index >= 15 is 0 Å². The Morgan fingerprint density at radius 2 is 1.63 bits per heavy atom. The van der Waals surface area contributed by atoms with Crippen molar-refractivity contribution in [3.8, 4) is 0 Å². The van der Waals surface area contributed by atoms with E-state index in [1.807, 2.05) is 0 Å². The molecule has 0 saturated carbocycles. The number of carbonyl (C=O) groups is 4. The first-order valence-corrected chi connectivity index (χ1v) is 13.1. The Hall–Kier alpha value is -3.56. The molecule has 3 aromatic carbocycles. The Bertz CT molecular complexity index is 1350. The van der Waals surface area contributed by atoms with Gasteiger partial charge in [-0.15, -0.1) is 0 Å². The van der Waals surface area contributed by atoms with Crippen molar-refractivity contribution < 1.29 is 23.6 Å². The van der Waals surface area contributed by atoms with Gasteiger partial charge in [-0.05, 0) is 47.9 Å². The lowest BCUT2D eigenvalue weighted by molar-refractivity contribution is -0.148. The predicted octanol–water partition coefficient (Wildman–Crippen LogP) is 5.32. The Balaban J connectivity index is 1.44. The van der Waals surface area contributed by atoms with Crippen molar-refractivity contribution in [1.29, 1.82) is 0 Å². The van der Waals surface area contributed by atoms with Crippen molar-refractivity contribution in [2.45, 2.75) is 38.3 Å². The molecular weight excluding hydrogens is 577 g/mol. The van der Waals surface area contributed by atoms with E-state index < -0.39 is 23.7 Å². The number of hydrogen-bond acceptors (Lipinski definition) is 4. The van der Waals surface area contributed by atoms with E-state index in [2.05, 4.69) is 26.6 Å². The molecule has 1 saturated heterocycles. The number of anilines is 1. The molecule has 3 aromatic rings. The van der Waals surface area contributed by atoms with Crippen LogP contribution in [-0.2, 0) is 32.1 Å². The predicted molar refractivity (Wildman–Crippen MR) is 145 cm³/mol. The molecule has 1 heterocycles. The van der Waals surface area contributed by atoms with E-state index in [-0.39, 0.29) is 35.4 Å². The minimum Gasteiger partial charge on any atom is -0.341 e. The molecular formula is C28H24BrClFN3O4. The summed E-state index contributed by atoms with van der Waals surface area (Å²) in [4.78, 5) is 50.9. The van der Waals surface area contributed by atoms with Crippen LogP contribution in [0.5, 0.6) is 0 Å². The molecule has 0 aliphatic carbocycles. The second-order valence-corrected chi connectivity index (χ2v) is 10.1. The van der Waals surface area contributed by atoms with Crippen LogP contribution in [0.4, 0.5) is 10.1 Å². The lowest BCUT2D eigenvalue weighted by Gasteiger charge is -2.24. The molecule has 1 aliphatic heterocycles. The number of nitrogens with one attached hydrogen (secondary N) is 2. The van der Waals surface area contributed by atoms with Crippen molar-refractivity contribution in [2.75, 3.05) is 5.32 Å². The van der Waals surface area contributed by atoms with Gasteiger partial charge in [0.2, 0.25) is 11.8 Å². The van der Waals surface area contributed by atoms with Gasteiger partial charge in [0, 0.05) is 40.0 Å². The molecule has 0 bridgehead atoms. The lowest BCUT2D eigenvalue weighted by Crippen LogP contribution is -2.39. The summed E-state index contributed by atoms with van der Waals surface area (Å²) in [5.74, 6) is -2.73. The summed E-state index contributed by atoms with van der Waals surface area (Å²) >= 11 is 9.67. The van der Waals surface area contributed by atoms with Crippen molar-refractivity contribution in [3.63, 3.8) is 0 Å². The first-order valence-electron chi connectivity index (χ1n) is 11.9. The van der Waals surface area contributed by atoms with Crippen LogP contribution in [0.15, 0.2) is 71.2 Å². The van der Waals surface area contributed by atoms with E-state index in [4.69, 9.17) is 11.6 Å². The smallest absolute Gasteiger partial charge is 0.313 e. The van der Waals surface area contributed by atoms with E-state index in [0.29, 0.717) is 40.5 Å². The number of nitrogens with zero attached hydrogens (tertiary/aromatic N) is 1. The highest BCUT2D eigenvalue weighted by Crippen LogP contribution is 2.30. The molecule has 4 amide bonds. The van der Waals surface area contributed by atoms with Gasteiger partial charge < -0.3 is 10.6 Å². The first kappa shape index (κ1) is 27.5. The third-order valence-corrected chi connectivity index (χ3v) is 7.27. The van der Waals surface area contributed by atoms with Crippen molar-refractivity contribution in [3.05, 3.63) is 98.7 Å². The van der Waals surface area contributed by atoms with Crippen LogP contribution in [0.25, 0.3) is 0 Å². The number of hydrogen-bond donors (Lipinski definition) is 2. The Morgan fingerprint density at radius 1 is 0.947 bits per heavy atom. The summed E-state index contributed by atoms with van der Waals surface area (Å²) in [5, 5.41) is 5.44. The fourth-order valence-corrected chi connectivity index (χ4v) is 4.99. The van der Waals surface area contributed by atoms with Crippen LogP contribution in [-0.4, -0.2) is 28.5 Å². The number of amides is 4. The number of halogens is 3. The molecule has 38 heavy (non-hydrogen) atoms. The maximum absolute atomic E-state index is 14.5. The van der Waals surface area contributed by atoms with Gasteiger partial charge in [-0.3, -0.25) is 24.1 Å². The third-order valence-electron chi connectivity index (χ3n) is 6.20. The van der Waals surface area contributed by atoms with E-state index in [9.17, 15) is 23.6 Å². The van der Waals surface area contributed by atoms with Gasteiger partial charge in [0.1, 0.15) is 5.82 Å². The van der Waals surface area contributed by atoms with Crippen molar-refractivity contribution >= 4 is 56.8 Å². The first-order chi connectivity index (χ1) is 18.2. The van der Waals surface area contributed by atoms with Crippen LogP contribution in [0.2, 0.25) is 5.02 Å². The molecule has 10 heteroatoms. The normalized spacial score (nSPS) is 14.2. The number of piperidine rings is 1. The zero-order valence-electron chi connectivity index (χ0n) is 20.2.